The molecule has 0 saturated carbocycles. The van der Waals surface area contributed by atoms with Crippen LogP contribution in [0.4, 0.5) is 5.69 Å². The normalized spacial score (nSPS) is 23.2. The number of hydrogen-bond donors (Lipinski definition) is 2. The molecule has 4 heteroatoms. The van der Waals surface area contributed by atoms with Crippen LogP contribution in [0.25, 0.3) is 0 Å². The smallest absolute Gasteiger partial charge is 0.228 e. The summed E-state index contributed by atoms with van der Waals surface area (Å²) < 4.78 is 5.51. The molecule has 1 fully saturated rings. The molecule has 0 radical (unpaired) electrons. The Hall–Kier alpha value is -1.39. The third kappa shape index (κ3) is 2.51. The number of hydrogen-bond acceptors (Lipinski definition) is 3. The predicted molar refractivity (Wildman–Crippen MR) is 74.1 cm³/mol. The second kappa shape index (κ2) is 5.31. The van der Waals surface area contributed by atoms with Gasteiger partial charge in [0.15, 0.2) is 0 Å². The van der Waals surface area contributed by atoms with Crippen LogP contribution in [0.3, 0.4) is 0 Å². The lowest BCUT2D eigenvalue weighted by molar-refractivity contribution is -0.115. The molecule has 2 heterocycles. The van der Waals surface area contributed by atoms with E-state index in [9.17, 15) is 4.79 Å². The van der Waals surface area contributed by atoms with Crippen LogP contribution >= 0.6 is 0 Å². The largest absolute Gasteiger partial charge is 0.381 e. The number of carbonyl (C=O) groups excluding carboxylic acids is 1. The van der Waals surface area contributed by atoms with Gasteiger partial charge in [0.1, 0.15) is 0 Å². The van der Waals surface area contributed by atoms with Crippen LogP contribution in [-0.2, 0) is 16.0 Å². The molecule has 102 valence electrons. The van der Waals surface area contributed by atoms with Crippen molar-refractivity contribution in [1.82, 2.24) is 5.32 Å². The third-order valence-electron chi connectivity index (χ3n) is 3.97. The van der Waals surface area contributed by atoms with Gasteiger partial charge in [-0.3, -0.25) is 4.79 Å². The van der Waals surface area contributed by atoms with Gasteiger partial charge in [-0.2, -0.15) is 0 Å². The molecule has 2 N–H and O–H groups in total. The maximum absolute atomic E-state index is 11.4. The highest BCUT2D eigenvalue weighted by Crippen LogP contribution is 2.32. The Morgan fingerprint density at radius 1 is 1.53 bits per heavy atom. The molecule has 1 aromatic rings. The van der Waals surface area contributed by atoms with Crippen LogP contribution in [0, 0.1) is 5.92 Å². The summed E-state index contributed by atoms with van der Waals surface area (Å²) >= 11 is 0. The van der Waals surface area contributed by atoms with E-state index in [0.717, 1.165) is 37.4 Å². The Bertz CT molecular complexity index is 481. The van der Waals surface area contributed by atoms with Crippen LogP contribution in [0.1, 0.15) is 30.5 Å². The fraction of sp³-hybridized carbons (Fsp3) is 0.533. The van der Waals surface area contributed by atoms with Gasteiger partial charge < -0.3 is 15.4 Å². The van der Waals surface area contributed by atoms with E-state index >= 15 is 0 Å². The summed E-state index contributed by atoms with van der Waals surface area (Å²) in [7, 11) is 0. The monoisotopic (exact) mass is 260 g/mol. The third-order valence-corrected chi connectivity index (χ3v) is 3.97. The molecular weight excluding hydrogens is 240 g/mol. The van der Waals surface area contributed by atoms with Crippen molar-refractivity contribution in [1.29, 1.82) is 0 Å². The van der Waals surface area contributed by atoms with Crippen molar-refractivity contribution in [3.63, 3.8) is 0 Å². The molecule has 0 aromatic heterocycles. The topological polar surface area (TPSA) is 50.4 Å². The molecule has 1 saturated heterocycles. The number of nitrogens with one attached hydrogen (secondary N) is 2. The summed E-state index contributed by atoms with van der Waals surface area (Å²) in [5.74, 6) is 0.624. The number of rotatable bonds is 4. The van der Waals surface area contributed by atoms with Crippen LogP contribution in [-0.4, -0.2) is 25.7 Å². The first-order chi connectivity index (χ1) is 9.28. The van der Waals surface area contributed by atoms with Crippen LogP contribution in [0.15, 0.2) is 18.2 Å². The Balaban J connectivity index is 1.86. The highest BCUT2D eigenvalue weighted by atomic mass is 16.5. The quantitative estimate of drug-likeness (QED) is 0.869. The molecule has 2 unspecified atom stereocenters. The number of anilines is 1. The standard InChI is InChI=1S/C15H20N2O2/c1-2-16-15(11-5-6-19-9-11)10-3-4-13-12(7-10)8-14(18)17-13/h3-4,7,11,15-16H,2,5-6,8-9H2,1H3,(H,17,18). The lowest BCUT2D eigenvalue weighted by Gasteiger charge is -2.24. The number of ether oxygens (including phenoxy) is 1. The summed E-state index contributed by atoms with van der Waals surface area (Å²) in [6.07, 6.45) is 1.61. The first kappa shape index (κ1) is 12.6. The van der Waals surface area contributed by atoms with E-state index in [-0.39, 0.29) is 5.91 Å². The zero-order valence-electron chi connectivity index (χ0n) is 11.2. The zero-order chi connectivity index (χ0) is 13.2. The first-order valence-corrected chi connectivity index (χ1v) is 7.01. The highest BCUT2D eigenvalue weighted by molar-refractivity contribution is 5.99. The van der Waals surface area contributed by atoms with Gasteiger partial charge in [-0.1, -0.05) is 19.1 Å². The van der Waals surface area contributed by atoms with Gasteiger partial charge in [-0.05, 0) is 30.2 Å². The van der Waals surface area contributed by atoms with Crippen LogP contribution in [0.5, 0.6) is 0 Å². The molecule has 1 amide bonds. The molecule has 2 aliphatic heterocycles. The minimum Gasteiger partial charge on any atom is -0.381 e. The fourth-order valence-electron chi connectivity index (χ4n) is 3.03. The Labute approximate surface area is 113 Å². The average molecular weight is 260 g/mol. The van der Waals surface area contributed by atoms with Gasteiger partial charge in [0, 0.05) is 24.3 Å². The first-order valence-electron chi connectivity index (χ1n) is 7.01. The van der Waals surface area contributed by atoms with Crippen LogP contribution in [0.2, 0.25) is 0 Å². The maximum Gasteiger partial charge on any atom is 0.228 e. The highest BCUT2D eigenvalue weighted by Gasteiger charge is 2.27. The van der Waals surface area contributed by atoms with E-state index in [1.807, 2.05) is 6.07 Å². The van der Waals surface area contributed by atoms with Crippen molar-refractivity contribution in [2.75, 3.05) is 25.1 Å². The van der Waals surface area contributed by atoms with Crippen molar-refractivity contribution in [2.24, 2.45) is 5.92 Å². The van der Waals surface area contributed by atoms with Crippen molar-refractivity contribution in [3.8, 4) is 0 Å². The van der Waals surface area contributed by atoms with Gasteiger partial charge >= 0.3 is 0 Å². The SMILES string of the molecule is CCNC(c1ccc2c(c1)CC(=O)N2)C1CCOC1. The van der Waals surface area contributed by atoms with E-state index in [0.29, 0.717) is 18.4 Å². The molecular formula is C15H20N2O2. The average Bonchev–Trinajstić information content (AvgIpc) is 3.02. The lowest BCUT2D eigenvalue weighted by Crippen LogP contribution is -2.28. The minimum absolute atomic E-state index is 0.0938. The van der Waals surface area contributed by atoms with Crippen molar-refractivity contribution in [3.05, 3.63) is 29.3 Å². The van der Waals surface area contributed by atoms with Crippen LogP contribution < -0.4 is 10.6 Å². The number of carbonyl (C=O) groups is 1. The molecule has 19 heavy (non-hydrogen) atoms. The zero-order valence-corrected chi connectivity index (χ0v) is 11.2. The van der Waals surface area contributed by atoms with Crippen molar-refractivity contribution in [2.45, 2.75) is 25.8 Å². The Kier molecular flexibility index (Phi) is 3.53. The second-order valence-corrected chi connectivity index (χ2v) is 5.30. The van der Waals surface area contributed by atoms with Crippen molar-refractivity contribution >= 4 is 11.6 Å². The fourth-order valence-corrected chi connectivity index (χ4v) is 3.03. The van der Waals surface area contributed by atoms with E-state index < -0.39 is 0 Å². The van der Waals surface area contributed by atoms with E-state index in [1.165, 1.54) is 5.56 Å². The molecule has 0 aliphatic carbocycles. The van der Waals surface area contributed by atoms with Gasteiger partial charge in [-0.15, -0.1) is 0 Å². The van der Waals surface area contributed by atoms with Gasteiger partial charge in [0.05, 0.1) is 13.0 Å². The molecule has 2 aliphatic rings. The molecule has 4 nitrogen and oxygen atoms in total. The number of benzene rings is 1. The van der Waals surface area contributed by atoms with E-state index in [1.54, 1.807) is 0 Å². The molecule has 1 aromatic carbocycles. The molecule has 2 atom stereocenters. The van der Waals surface area contributed by atoms with E-state index in [2.05, 4.69) is 29.7 Å². The maximum atomic E-state index is 11.4. The summed E-state index contributed by atoms with van der Waals surface area (Å²) in [5, 5.41) is 6.44. The number of amides is 1. The summed E-state index contributed by atoms with van der Waals surface area (Å²) in [6.45, 7) is 4.75. The Morgan fingerprint density at radius 2 is 2.42 bits per heavy atom. The Morgan fingerprint density at radius 3 is 3.16 bits per heavy atom. The predicted octanol–water partition coefficient (Wildman–Crippen LogP) is 1.87. The minimum atomic E-state index is 0.0938. The summed E-state index contributed by atoms with van der Waals surface area (Å²) in [4.78, 5) is 11.4. The molecule has 3 rings (SSSR count). The second-order valence-electron chi connectivity index (χ2n) is 5.30. The lowest BCUT2D eigenvalue weighted by atomic mass is 9.91. The molecule has 0 spiro atoms. The summed E-state index contributed by atoms with van der Waals surface area (Å²) in [5.41, 5.74) is 3.35. The van der Waals surface area contributed by atoms with Gasteiger partial charge in [0.2, 0.25) is 5.91 Å². The van der Waals surface area contributed by atoms with E-state index in [4.69, 9.17) is 4.74 Å². The van der Waals surface area contributed by atoms with Crippen molar-refractivity contribution < 1.29 is 9.53 Å². The number of fused-ring (bicyclic) bond motifs is 1. The van der Waals surface area contributed by atoms with Gasteiger partial charge in [0.25, 0.3) is 0 Å². The molecule has 0 bridgehead atoms. The van der Waals surface area contributed by atoms with Gasteiger partial charge in [-0.25, -0.2) is 0 Å². The summed E-state index contributed by atoms with van der Waals surface area (Å²) in [6, 6.07) is 6.64.